The van der Waals surface area contributed by atoms with Gasteiger partial charge in [-0.2, -0.15) is 0 Å². The lowest BCUT2D eigenvalue weighted by molar-refractivity contribution is -0.0924. The van der Waals surface area contributed by atoms with Crippen molar-refractivity contribution in [3.05, 3.63) is 30.1 Å². The minimum absolute atomic E-state index is 0.169. The molecule has 0 spiro atoms. The molecule has 0 saturated carbocycles. The third-order valence-corrected chi connectivity index (χ3v) is 2.48. The summed E-state index contributed by atoms with van der Waals surface area (Å²) in [7, 11) is 0. The number of nitrogens with one attached hydrogen (secondary N) is 1. The Morgan fingerprint density at radius 1 is 1.43 bits per heavy atom. The monoisotopic (exact) mass is 195 g/mol. The first-order chi connectivity index (χ1) is 6.70. The molecule has 0 atom stereocenters. The van der Waals surface area contributed by atoms with Crippen molar-refractivity contribution in [3.8, 4) is 0 Å². The number of ether oxygens (including phenoxy) is 1. The number of para-hydroxylation sites is 1. The summed E-state index contributed by atoms with van der Waals surface area (Å²) in [6.07, 6.45) is 0. The molecule has 1 aromatic carbocycles. The zero-order chi connectivity index (χ0) is 10.0. The van der Waals surface area contributed by atoms with Gasteiger partial charge in [-0.05, 0) is 12.1 Å². The van der Waals surface area contributed by atoms with Gasteiger partial charge in [0.15, 0.2) is 0 Å². The number of hydrogen-bond acceptors (Lipinski definition) is 2. The second-order valence-electron chi connectivity index (χ2n) is 4.14. The second-order valence-corrected chi connectivity index (χ2v) is 4.14. The Balaban J connectivity index is 1.95. The molecule has 0 amide bonds. The van der Waals surface area contributed by atoms with E-state index in [0.717, 1.165) is 19.8 Å². The van der Waals surface area contributed by atoms with E-state index in [9.17, 15) is 4.39 Å². The van der Waals surface area contributed by atoms with E-state index < -0.39 is 0 Å². The van der Waals surface area contributed by atoms with E-state index in [-0.39, 0.29) is 11.2 Å². The fraction of sp³-hybridized carbons (Fsp3) is 0.455. The van der Waals surface area contributed by atoms with Gasteiger partial charge in [0.25, 0.3) is 0 Å². The molecule has 2 nitrogen and oxygen atoms in total. The van der Waals surface area contributed by atoms with Crippen LogP contribution in [0.25, 0.3) is 0 Å². The molecule has 1 heterocycles. The average molecular weight is 195 g/mol. The predicted octanol–water partition coefficient (Wildman–Crippen LogP) is 2.27. The van der Waals surface area contributed by atoms with Gasteiger partial charge < -0.3 is 10.1 Å². The van der Waals surface area contributed by atoms with Crippen molar-refractivity contribution in [2.45, 2.75) is 6.92 Å². The van der Waals surface area contributed by atoms with E-state index in [1.165, 1.54) is 6.07 Å². The Morgan fingerprint density at radius 3 is 2.71 bits per heavy atom. The van der Waals surface area contributed by atoms with Crippen molar-refractivity contribution in [1.82, 2.24) is 0 Å². The highest BCUT2D eigenvalue weighted by Crippen LogP contribution is 2.27. The molecule has 1 aliphatic rings. The minimum Gasteiger partial charge on any atom is -0.382 e. The summed E-state index contributed by atoms with van der Waals surface area (Å²) in [5.41, 5.74) is 0.739. The van der Waals surface area contributed by atoms with Crippen molar-refractivity contribution >= 4 is 5.69 Å². The summed E-state index contributed by atoms with van der Waals surface area (Å²) in [5, 5.41) is 3.10. The average Bonchev–Trinajstić information content (AvgIpc) is 2.14. The fourth-order valence-corrected chi connectivity index (χ4v) is 1.47. The molecule has 2 rings (SSSR count). The number of halogens is 1. The molecule has 14 heavy (non-hydrogen) atoms. The lowest BCUT2D eigenvalue weighted by Crippen LogP contribution is -2.45. The quantitative estimate of drug-likeness (QED) is 0.798. The van der Waals surface area contributed by atoms with Crippen molar-refractivity contribution in [3.63, 3.8) is 0 Å². The maximum atomic E-state index is 13.2. The van der Waals surface area contributed by atoms with Crippen molar-refractivity contribution in [2.75, 3.05) is 25.1 Å². The van der Waals surface area contributed by atoms with E-state index in [4.69, 9.17) is 4.74 Å². The van der Waals surface area contributed by atoms with E-state index in [1.54, 1.807) is 12.1 Å². The maximum Gasteiger partial charge on any atom is 0.146 e. The van der Waals surface area contributed by atoms with Crippen LogP contribution in [-0.4, -0.2) is 19.8 Å². The third-order valence-electron chi connectivity index (χ3n) is 2.48. The first-order valence-corrected chi connectivity index (χ1v) is 4.76. The molecule has 0 unspecified atom stereocenters. The zero-order valence-electron chi connectivity index (χ0n) is 8.22. The molecule has 0 aliphatic carbocycles. The number of rotatable bonds is 3. The molecule has 0 aromatic heterocycles. The highest BCUT2D eigenvalue weighted by molar-refractivity contribution is 5.44. The van der Waals surface area contributed by atoms with E-state index in [0.29, 0.717) is 5.69 Å². The van der Waals surface area contributed by atoms with Crippen LogP contribution in [0.2, 0.25) is 0 Å². The number of hydrogen-bond donors (Lipinski definition) is 1. The van der Waals surface area contributed by atoms with Crippen LogP contribution >= 0.6 is 0 Å². The Labute approximate surface area is 83.1 Å². The standard InChI is InChI=1S/C11H14FNO/c1-11(7-14-8-11)6-13-10-5-3-2-4-9(10)12/h2-5,13H,6-8H2,1H3. The maximum absolute atomic E-state index is 13.2. The van der Waals surface area contributed by atoms with Gasteiger partial charge in [-0.25, -0.2) is 4.39 Å². The first kappa shape index (κ1) is 9.46. The Bertz CT molecular complexity index is 323. The van der Waals surface area contributed by atoms with Gasteiger partial charge in [0, 0.05) is 12.0 Å². The Hall–Kier alpha value is -1.09. The SMILES string of the molecule is CC1(CNc2ccccc2F)COC1. The van der Waals surface area contributed by atoms with Gasteiger partial charge in [0.05, 0.1) is 18.9 Å². The van der Waals surface area contributed by atoms with Gasteiger partial charge in [0.2, 0.25) is 0 Å². The highest BCUT2D eigenvalue weighted by atomic mass is 19.1. The molecule has 3 heteroatoms. The van der Waals surface area contributed by atoms with Gasteiger partial charge in [0.1, 0.15) is 5.82 Å². The molecule has 1 fully saturated rings. The largest absolute Gasteiger partial charge is 0.382 e. The van der Waals surface area contributed by atoms with Crippen molar-refractivity contribution in [2.24, 2.45) is 5.41 Å². The van der Waals surface area contributed by atoms with Crippen LogP contribution in [0, 0.1) is 11.2 Å². The molecule has 1 aromatic rings. The molecule has 1 saturated heterocycles. The minimum atomic E-state index is -0.198. The van der Waals surface area contributed by atoms with E-state index in [2.05, 4.69) is 12.2 Å². The third kappa shape index (κ3) is 1.87. The molecular formula is C11H14FNO. The lowest BCUT2D eigenvalue weighted by Gasteiger charge is -2.38. The van der Waals surface area contributed by atoms with Crippen LogP contribution in [0.4, 0.5) is 10.1 Å². The van der Waals surface area contributed by atoms with Crippen LogP contribution in [0.1, 0.15) is 6.92 Å². The van der Waals surface area contributed by atoms with Crippen molar-refractivity contribution in [1.29, 1.82) is 0 Å². The van der Waals surface area contributed by atoms with Crippen LogP contribution in [0.5, 0.6) is 0 Å². The smallest absolute Gasteiger partial charge is 0.146 e. The first-order valence-electron chi connectivity index (χ1n) is 4.76. The fourth-order valence-electron chi connectivity index (χ4n) is 1.47. The topological polar surface area (TPSA) is 21.3 Å². The molecule has 76 valence electrons. The highest BCUT2D eigenvalue weighted by Gasteiger charge is 2.33. The molecule has 1 N–H and O–H groups in total. The van der Waals surface area contributed by atoms with E-state index >= 15 is 0 Å². The Kier molecular flexibility index (Phi) is 2.42. The van der Waals surface area contributed by atoms with Gasteiger partial charge in [-0.15, -0.1) is 0 Å². The van der Waals surface area contributed by atoms with Gasteiger partial charge in [-0.3, -0.25) is 0 Å². The van der Waals surface area contributed by atoms with Crippen LogP contribution in [0.15, 0.2) is 24.3 Å². The predicted molar refractivity (Wildman–Crippen MR) is 53.8 cm³/mol. The summed E-state index contributed by atoms with van der Waals surface area (Å²) < 4.78 is 18.3. The van der Waals surface area contributed by atoms with Crippen LogP contribution in [-0.2, 0) is 4.74 Å². The summed E-state index contributed by atoms with van der Waals surface area (Å²) >= 11 is 0. The zero-order valence-corrected chi connectivity index (χ0v) is 8.22. The summed E-state index contributed by atoms with van der Waals surface area (Å²) in [4.78, 5) is 0. The molecular weight excluding hydrogens is 181 g/mol. The summed E-state index contributed by atoms with van der Waals surface area (Å²) in [6.45, 7) is 4.40. The normalized spacial score (nSPS) is 18.7. The molecule has 1 aliphatic heterocycles. The van der Waals surface area contributed by atoms with E-state index in [1.807, 2.05) is 6.07 Å². The number of benzene rings is 1. The molecule has 0 bridgehead atoms. The van der Waals surface area contributed by atoms with Crippen LogP contribution in [0.3, 0.4) is 0 Å². The second kappa shape index (κ2) is 3.58. The van der Waals surface area contributed by atoms with Gasteiger partial charge >= 0.3 is 0 Å². The lowest BCUT2D eigenvalue weighted by atomic mass is 9.89. The number of anilines is 1. The summed E-state index contributed by atoms with van der Waals surface area (Å²) in [6, 6.07) is 6.72. The molecule has 0 radical (unpaired) electrons. The van der Waals surface area contributed by atoms with Crippen LogP contribution < -0.4 is 5.32 Å². The van der Waals surface area contributed by atoms with Crippen molar-refractivity contribution < 1.29 is 9.13 Å². The van der Waals surface area contributed by atoms with Gasteiger partial charge in [-0.1, -0.05) is 19.1 Å². The summed E-state index contributed by atoms with van der Waals surface area (Å²) in [5.74, 6) is -0.198. The Morgan fingerprint density at radius 2 is 2.14 bits per heavy atom.